The number of piperidine rings is 1. The summed E-state index contributed by atoms with van der Waals surface area (Å²) in [5.41, 5.74) is 2.15. The fraction of sp³-hybridized carbons (Fsp3) is 0.571. The number of nitrogens with one attached hydrogen (secondary N) is 2. The van der Waals surface area contributed by atoms with Gasteiger partial charge in [0.15, 0.2) is 5.69 Å². The van der Waals surface area contributed by atoms with Gasteiger partial charge in [0.2, 0.25) is 0 Å². The molecule has 2 N–H and O–H groups in total. The standard InChI is InChI=1S/C21H28FN5O/c1-14-19(25-26-27(14)18-10-12-23-13-11-18)21(28)24-20(15-4-2-3-5-15)16-6-8-17(22)9-7-16/h6-9,15,18,20,23H,2-5,10-13H2,1H3,(H,24,28). The topological polar surface area (TPSA) is 71.8 Å². The lowest BCUT2D eigenvalue weighted by atomic mass is 9.91. The zero-order valence-electron chi connectivity index (χ0n) is 16.3. The number of nitrogens with zero attached hydrogens (tertiary/aromatic N) is 3. The summed E-state index contributed by atoms with van der Waals surface area (Å²) in [6.45, 7) is 3.83. The van der Waals surface area contributed by atoms with Crippen LogP contribution < -0.4 is 10.6 Å². The molecule has 1 atom stereocenters. The van der Waals surface area contributed by atoms with E-state index in [0.29, 0.717) is 11.6 Å². The first kappa shape index (κ1) is 19.1. The zero-order valence-corrected chi connectivity index (χ0v) is 16.3. The molecule has 1 unspecified atom stereocenters. The molecular formula is C21H28FN5O. The molecule has 1 saturated carbocycles. The van der Waals surface area contributed by atoms with Crippen LogP contribution in [0.4, 0.5) is 4.39 Å². The Morgan fingerprint density at radius 1 is 1.18 bits per heavy atom. The molecule has 1 aromatic heterocycles. The summed E-state index contributed by atoms with van der Waals surface area (Å²) in [5, 5.41) is 15.0. The van der Waals surface area contributed by atoms with Gasteiger partial charge in [-0.2, -0.15) is 0 Å². The van der Waals surface area contributed by atoms with E-state index in [4.69, 9.17) is 0 Å². The molecule has 6 nitrogen and oxygen atoms in total. The van der Waals surface area contributed by atoms with Gasteiger partial charge < -0.3 is 10.6 Å². The summed E-state index contributed by atoms with van der Waals surface area (Å²) in [4.78, 5) is 13.1. The molecule has 1 aliphatic carbocycles. The number of amides is 1. The minimum Gasteiger partial charge on any atom is -0.343 e. The van der Waals surface area contributed by atoms with Crippen molar-refractivity contribution in [2.45, 2.75) is 57.5 Å². The molecule has 150 valence electrons. The van der Waals surface area contributed by atoms with Crippen LogP contribution >= 0.6 is 0 Å². The van der Waals surface area contributed by atoms with Gasteiger partial charge >= 0.3 is 0 Å². The minimum atomic E-state index is -0.263. The summed E-state index contributed by atoms with van der Waals surface area (Å²) in [7, 11) is 0. The van der Waals surface area contributed by atoms with Gasteiger partial charge in [-0.15, -0.1) is 5.10 Å². The van der Waals surface area contributed by atoms with E-state index in [1.165, 1.54) is 25.0 Å². The number of carbonyl (C=O) groups excluding carboxylic acids is 1. The van der Waals surface area contributed by atoms with E-state index < -0.39 is 0 Å². The lowest BCUT2D eigenvalue weighted by molar-refractivity contribution is 0.0916. The number of hydrogen-bond donors (Lipinski definition) is 2. The normalized spacial score (nSPS) is 19.6. The lowest BCUT2D eigenvalue weighted by Gasteiger charge is -2.25. The first-order valence-corrected chi connectivity index (χ1v) is 10.3. The van der Waals surface area contributed by atoms with Crippen LogP contribution in [0, 0.1) is 18.7 Å². The van der Waals surface area contributed by atoms with E-state index in [-0.39, 0.29) is 23.8 Å². The van der Waals surface area contributed by atoms with Crippen molar-refractivity contribution in [3.8, 4) is 0 Å². The molecule has 4 rings (SSSR count). The molecule has 1 amide bonds. The highest BCUT2D eigenvalue weighted by Crippen LogP contribution is 2.36. The number of halogens is 1. The van der Waals surface area contributed by atoms with Gasteiger partial charge in [0.1, 0.15) is 5.82 Å². The second kappa shape index (κ2) is 8.39. The molecule has 1 saturated heterocycles. The molecule has 0 bridgehead atoms. The van der Waals surface area contributed by atoms with E-state index in [1.807, 2.05) is 11.6 Å². The van der Waals surface area contributed by atoms with Gasteiger partial charge in [-0.1, -0.05) is 30.2 Å². The predicted octanol–water partition coefficient (Wildman–Crippen LogP) is 3.31. The highest BCUT2D eigenvalue weighted by atomic mass is 19.1. The van der Waals surface area contributed by atoms with Gasteiger partial charge in [-0.25, -0.2) is 9.07 Å². The van der Waals surface area contributed by atoms with Crippen LogP contribution in [0.5, 0.6) is 0 Å². The second-order valence-electron chi connectivity index (χ2n) is 8.00. The van der Waals surface area contributed by atoms with E-state index in [1.54, 1.807) is 12.1 Å². The molecule has 2 aliphatic rings. The highest BCUT2D eigenvalue weighted by molar-refractivity contribution is 5.93. The van der Waals surface area contributed by atoms with Crippen molar-refractivity contribution in [2.75, 3.05) is 13.1 Å². The molecule has 1 aliphatic heterocycles. The van der Waals surface area contributed by atoms with Crippen LogP contribution in [0.2, 0.25) is 0 Å². The van der Waals surface area contributed by atoms with Crippen molar-refractivity contribution in [2.24, 2.45) is 5.92 Å². The molecular weight excluding hydrogens is 357 g/mol. The second-order valence-corrected chi connectivity index (χ2v) is 8.00. The quantitative estimate of drug-likeness (QED) is 0.828. The van der Waals surface area contributed by atoms with Crippen molar-refractivity contribution in [1.29, 1.82) is 0 Å². The summed E-state index contributed by atoms with van der Waals surface area (Å²) in [6.07, 6.45) is 6.47. The fourth-order valence-electron chi connectivity index (χ4n) is 4.59. The minimum absolute atomic E-state index is 0.126. The lowest BCUT2D eigenvalue weighted by Crippen LogP contribution is -2.33. The maximum atomic E-state index is 13.4. The summed E-state index contributed by atoms with van der Waals surface area (Å²) < 4.78 is 15.3. The number of benzene rings is 1. The highest BCUT2D eigenvalue weighted by Gasteiger charge is 2.30. The maximum Gasteiger partial charge on any atom is 0.274 e. The Hall–Kier alpha value is -2.28. The molecule has 1 aromatic carbocycles. The average molecular weight is 385 g/mol. The molecule has 28 heavy (non-hydrogen) atoms. The van der Waals surface area contributed by atoms with Crippen LogP contribution in [0.15, 0.2) is 24.3 Å². The molecule has 2 fully saturated rings. The van der Waals surface area contributed by atoms with E-state index in [0.717, 1.165) is 50.0 Å². The summed E-state index contributed by atoms with van der Waals surface area (Å²) in [6, 6.07) is 6.64. The molecule has 0 spiro atoms. The number of aromatic nitrogens is 3. The third kappa shape index (κ3) is 3.94. The molecule has 2 aromatic rings. The van der Waals surface area contributed by atoms with Gasteiger partial charge in [-0.05, 0) is 69.3 Å². The van der Waals surface area contributed by atoms with Gasteiger partial charge in [0.25, 0.3) is 5.91 Å². The largest absolute Gasteiger partial charge is 0.343 e. The van der Waals surface area contributed by atoms with Crippen LogP contribution in [0.25, 0.3) is 0 Å². The Bertz CT molecular complexity index is 807. The van der Waals surface area contributed by atoms with Gasteiger partial charge in [-0.3, -0.25) is 4.79 Å². The van der Waals surface area contributed by atoms with Crippen molar-refractivity contribution < 1.29 is 9.18 Å². The maximum absolute atomic E-state index is 13.4. The van der Waals surface area contributed by atoms with Crippen LogP contribution in [0.3, 0.4) is 0 Å². The summed E-state index contributed by atoms with van der Waals surface area (Å²) in [5.74, 6) is -0.0888. The van der Waals surface area contributed by atoms with Gasteiger partial charge in [0.05, 0.1) is 17.8 Å². The molecule has 7 heteroatoms. The van der Waals surface area contributed by atoms with E-state index in [9.17, 15) is 9.18 Å². The van der Waals surface area contributed by atoms with Crippen LogP contribution in [0.1, 0.15) is 72.4 Å². The smallest absolute Gasteiger partial charge is 0.274 e. The van der Waals surface area contributed by atoms with Crippen LogP contribution in [-0.2, 0) is 0 Å². The Balaban J connectivity index is 1.54. The third-order valence-corrected chi connectivity index (χ3v) is 6.18. The Morgan fingerprint density at radius 2 is 1.86 bits per heavy atom. The summed E-state index contributed by atoms with van der Waals surface area (Å²) >= 11 is 0. The van der Waals surface area contributed by atoms with Crippen molar-refractivity contribution in [3.63, 3.8) is 0 Å². The number of rotatable bonds is 5. The Morgan fingerprint density at radius 3 is 2.54 bits per heavy atom. The SMILES string of the molecule is Cc1c(C(=O)NC(c2ccc(F)cc2)C2CCCC2)nnn1C1CCNCC1. The third-order valence-electron chi connectivity index (χ3n) is 6.18. The van der Waals surface area contributed by atoms with Crippen LogP contribution in [-0.4, -0.2) is 34.0 Å². The van der Waals surface area contributed by atoms with Crippen molar-refractivity contribution >= 4 is 5.91 Å². The zero-order chi connectivity index (χ0) is 19.5. The average Bonchev–Trinajstić information content (AvgIpc) is 3.37. The van der Waals surface area contributed by atoms with E-state index in [2.05, 4.69) is 20.9 Å². The molecule has 0 radical (unpaired) electrons. The van der Waals surface area contributed by atoms with Crippen molar-refractivity contribution in [3.05, 3.63) is 47.0 Å². The van der Waals surface area contributed by atoms with E-state index >= 15 is 0 Å². The predicted molar refractivity (Wildman–Crippen MR) is 104 cm³/mol. The van der Waals surface area contributed by atoms with Gasteiger partial charge in [0, 0.05) is 0 Å². The Kier molecular flexibility index (Phi) is 5.71. The Labute approximate surface area is 164 Å². The first-order valence-electron chi connectivity index (χ1n) is 10.3. The monoisotopic (exact) mass is 385 g/mol. The molecule has 2 heterocycles. The fourth-order valence-corrected chi connectivity index (χ4v) is 4.59. The number of hydrogen-bond acceptors (Lipinski definition) is 4. The van der Waals surface area contributed by atoms with Crippen molar-refractivity contribution in [1.82, 2.24) is 25.6 Å². The number of carbonyl (C=O) groups is 1. The first-order chi connectivity index (χ1) is 13.6.